The van der Waals surface area contributed by atoms with Crippen LogP contribution in [0, 0.1) is 18.8 Å². The lowest BCUT2D eigenvalue weighted by Gasteiger charge is -2.24. The molecule has 4 rings (SSSR count). The fraction of sp³-hybridized carbons (Fsp3) is 0.550. The second-order valence-corrected chi connectivity index (χ2v) is 7.78. The normalized spacial score (nSPS) is 23.6. The van der Waals surface area contributed by atoms with Gasteiger partial charge >= 0.3 is 6.09 Å². The second kappa shape index (κ2) is 6.87. The van der Waals surface area contributed by atoms with Gasteiger partial charge in [-0.3, -0.25) is 14.5 Å². The Balaban J connectivity index is 1.44. The molecule has 3 aliphatic rings. The summed E-state index contributed by atoms with van der Waals surface area (Å²) in [4.78, 5) is 40.3. The van der Waals surface area contributed by atoms with Gasteiger partial charge in [0.25, 0.3) is 0 Å². The third-order valence-corrected chi connectivity index (χ3v) is 5.85. The van der Waals surface area contributed by atoms with Crippen LogP contribution in [-0.2, 0) is 14.3 Å². The number of carbonyl (C=O) groups is 3. The van der Waals surface area contributed by atoms with E-state index in [0.29, 0.717) is 31.3 Å². The molecule has 7 heteroatoms. The highest BCUT2D eigenvalue weighted by Gasteiger charge is 2.41. The van der Waals surface area contributed by atoms with Gasteiger partial charge in [0.1, 0.15) is 6.61 Å². The van der Waals surface area contributed by atoms with Gasteiger partial charge in [0, 0.05) is 24.7 Å². The summed E-state index contributed by atoms with van der Waals surface area (Å²) in [7, 11) is 0. The maximum absolute atomic E-state index is 12.7. The number of nitrogens with zero attached hydrogens (tertiary/aromatic N) is 2. The summed E-state index contributed by atoms with van der Waals surface area (Å²) in [6.45, 7) is 5.35. The van der Waals surface area contributed by atoms with Crippen LogP contribution in [0.5, 0.6) is 0 Å². The first-order valence-corrected chi connectivity index (χ1v) is 9.59. The van der Waals surface area contributed by atoms with Crippen molar-refractivity contribution in [2.45, 2.75) is 39.2 Å². The van der Waals surface area contributed by atoms with Crippen molar-refractivity contribution in [3.05, 3.63) is 23.8 Å². The van der Waals surface area contributed by atoms with Crippen LogP contribution in [0.25, 0.3) is 0 Å². The zero-order valence-electron chi connectivity index (χ0n) is 15.7. The average Bonchev–Trinajstić information content (AvgIpc) is 3.30. The van der Waals surface area contributed by atoms with Gasteiger partial charge in [0.2, 0.25) is 11.8 Å². The van der Waals surface area contributed by atoms with Gasteiger partial charge < -0.3 is 15.0 Å². The Bertz CT molecular complexity index is 789. The molecule has 1 aromatic rings. The molecule has 2 heterocycles. The van der Waals surface area contributed by atoms with E-state index in [1.807, 2.05) is 24.0 Å². The highest BCUT2D eigenvalue weighted by atomic mass is 16.6. The molecule has 0 aromatic heterocycles. The maximum Gasteiger partial charge on any atom is 0.414 e. The predicted octanol–water partition coefficient (Wildman–Crippen LogP) is 2.54. The van der Waals surface area contributed by atoms with Crippen LogP contribution in [0.1, 0.15) is 31.7 Å². The van der Waals surface area contributed by atoms with Crippen molar-refractivity contribution >= 4 is 29.3 Å². The van der Waals surface area contributed by atoms with E-state index in [4.69, 9.17) is 4.74 Å². The number of aryl methyl sites for hydroxylation is 1. The Morgan fingerprint density at radius 3 is 2.74 bits per heavy atom. The van der Waals surface area contributed by atoms with Crippen LogP contribution in [-0.4, -0.2) is 48.5 Å². The van der Waals surface area contributed by atoms with E-state index in [2.05, 4.69) is 12.2 Å². The maximum atomic E-state index is 12.7. The van der Waals surface area contributed by atoms with Crippen molar-refractivity contribution in [1.82, 2.24) is 4.90 Å². The Labute approximate surface area is 158 Å². The highest BCUT2D eigenvalue weighted by molar-refractivity contribution is 5.98. The molecule has 7 nitrogen and oxygen atoms in total. The van der Waals surface area contributed by atoms with Crippen molar-refractivity contribution < 1.29 is 19.1 Å². The van der Waals surface area contributed by atoms with Gasteiger partial charge in [-0.2, -0.15) is 0 Å². The average molecular weight is 371 g/mol. The molecule has 3 amide bonds. The lowest BCUT2D eigenvalue weighted by molar-refractivity contribution is -0.130. The van der Waals surface area contributed by atoms with Crippen molar-refractivity contribution in [2.24, 2.45) is 11.8 Å². The Morgan fingerprint density at radius 1 is 1.30 bits per heavy atom. The van der Waals surface area contributed by atoms with E-state index in [-0.39, 0.29) is 36.3 Å². The standard InChI is InChI=1S/C20H25N3O4/c1-12-3-6-16(10-17(12)22-7-8-27-20(22)26)21-19(25)15-9-18(24)23(11-15)13(2)14-4-5-14/h3,6,10,13-15H,4-5,7-9,11H2,1-2H3,(H,21,25). The number of cyclic esters (lactones) is 1. The Morgan fingerprint density at radius 2 is 2.07 bits per heavy atom. The first kappa shape index (κ1) is 17.8. The molecule has 3 fully saturated rings. The van der Waals surface area contributed by atoms with Crippen LogP contribution >= 0.6 is 0 Å². The number of nitrogens with one attached hydrogen (secondary N) is 1. The smallest absolute Gasteiger partial charge is 0.414 e. The van der Waals surface area contributed by atoms with E-state index in [1.165, 1.54) is 12.8 Å². The number of ether oxygens (including phenoxy) is 1. The van der Waals surface area contributed by atoms with E-state index >= 15 is 0 Å². The minimum atomic E-state index is -0.368. The number of benzene rings is 1. The minimum Gasteiger partial charge on any atom is -0.447 e. The molecular formula is C20H25N3O4. The van der Waals surface area contributed by atoms with Gasteiger partial charge in [-0.15, -0.1) is 0 Å². The van der Waals surface area contributed by atoms with Crippen LogP contribution < -0.4 is 10.2 Å². The van der Waals surface area contributed by atoms with Crippen molar-refractivity contribution in [3.63, 3.8) is 0 Å². The number of anilines is 2. The fourth-order valence-corrected chi connectivity index (χ4v) is 3.97. The summed E-state index contributed by atoms with van der Waals surface area (Å²) in [6.07, 6.45) is 2.24. The number of carbonyl (C=O) groups excluding carboxylic acids is 3. The molecule has 0 spiro atoms. The summed E-state index contributed by atoms with van der Waals surface area (Å²) in [6, 6.07) is 5.71. The lowest BCUT2D eigenvalue weighted by Crippen LogP contribution is -2.36. The minimum absolute atomic E-state index is 0.0685. The molecule has 144 valence electrons. The van der Waals surface area contributed by atoms with Crippen LogP contribution in [0.15, 0.2) is 18.2 Å². The van der Waals surface area contributed by atoms with Crippen molar-refractivity contribution in [3.8, 4) is 0 Å². The monoisotopic (exact) mass is 371 g/mol. The molecule has 2 aliphatic heterocycles. The zero-order valence-corrected chi connectivity index (χ0v) is 15.7. The van der Waals surface area contributed by atoms with E-state index in [1.54, 1.807) is 11.0 Å². The molecule has 1 aliphatic carbocycles. The third-order valence-electron chi connectivity index (χ3n) is 5.85. The molecule has 1 aromatic carbocycles. The van der Waals surface area contributed by atoms with Gasteiger partial charge in [0.15, 0.2) is 0 Å². The van der Waals surface area contributed by atoms with E-state index < -0.39 is 0 Å². The van der Waals surface area contributed by atoms with Gasteiger partial charge in [-0.05, 0) is 50.3 Å². The SMILES string of the molecule is Cc1ccc(NC(=O)C2CC(=O)N(C(C)C3CC3)C2)cc1N1CCOC1=O. The molecule has 2 unspecified atom stereocenters. The molecule has 0 radical (unpaired) electrons. The summed E-state index contributed by atoms with van der Waals surface area (Å²) >= 11 is 0. The van der Waals surface area contributed by atoms with Crippen molar-refractivity contribution in [1.29, 1.82) is 0 Å². The van der Waals surface area contributed by atoms with Gasteiger partial charge in [-0.25, -0.2) is 4.79 Å². The summed E-state index contributed by atoms with van der Waals surface area (Å²) in [5.74, 6) is 0.183. The first-order chi connectivity index (χ1) is 12.9. The van der Waals surface area contributed by atoms with Gasteiger partial charge in [-0.1, -0.05) is 6.07 Å². The van der Waals surface area contributed by atoms with Gasteiger partial charge in [0.05, 0.1) is 18.2 Å². The molecule has 27 heavy (non-hydrogen) atoms. The molecule has 0 bridgehead atoms. The fourth-order valence-electron chi connectivity index (χ4n) is 3.97. The molecule has 2 atom stereocenters. The number of amides is 3. The predicted molar refractivity (Wildman–Crippen MR) is 101 cm³/mol. The second-order valence-electron chi connectivity index (χ2n) is 7.78. The Kier molecular flexibility index (Phi) is 4.53. The number of likely N-dealkylation sites (tertiary alicyclic amines) is 1. The molecule has 2 saturated heterocycles. The largest absolute Gasteiger partial charge is 0.447 e. The quantitative estimate of drug-likeness (QED) is 0.863. The molecule has 1 N–H and O–H groups in total. The number of hydrogen-bond donors (Lipinski definition) is 1. The summed E-state index contributed by atoms with van der Waals surface area (Å²) < 4.78 is 5.00. The van der Waals surface area contributed by atoms with E-state index in [9.17, 15) is 14.4 Å². The van der Waals surface area contributed by atoms with E-state index in [0.717, 1.165) is 11.3 Å². The van der Waals surface area contributed by atoms with Crippen LogP contribution in [0.4, 0.5) is 16.2 Å². The summed E-state index contributed by atoms with van der Waals surface area (Å²) in [5.41, 5.74) is 2.30. The first-order valence-electron chi connectivity index (χ1n) is 9.59. The molecular weight excluding hydrogens is 346 g/mol. The number of hydrogen-bond acceptors (Lipinski definition) is 4. The number of rotatable bonds is 5. The Hall–Kier alpha value is -2.57. The lowest BCUT2D eigenvalue weighted by atomic mass is 10.1. The van der Waals surface area contributed by atoms with Crippen molar-refractivity contribution in [2.75, 3.05) is 29.9 Å². The van der Waals surface area contributed by atoms with Crippen LogP contribution in [0.3, 0.4) is 0 Å². The highest BCUT2D eigenvalue weighted by Crippen LogP contribution is 2.37. The summed E-state index contributed by atoms with van der Waals surface area (Å²) in [5, 5.41) is 2.92. The third kappa shape index (κ3) is 3.50. The molecule has 1 saturated carbocycles. The topological polar surface area (TPSA) is 79.0 Å². The van der Waals surface area contributed by atoms with Crippen LogP contribution in [0.2, 0.25) is 0 Å². The zero-order chi connectivity index (χ0) is 19.1.